The van der Waals surface area contributed by atoms with E-state index in [0.29, 0.717) is 27.7 Å². The van der Waals surface area contributed by atoms with Crippen LogP contribution in [0, 0.1) is 10.1 Å². The van der Waals surface area contributed by atoms with Crippen LogP contribution in [-0.4, -0.2) is 32.3 Å². The number of benzene rings is 2. The van der Waals surface area contributed by atoms with Gasteiger partial charge in [0.25, 0.3) is 5.69 Å². The van der Waals surface area contributed by atoms with Gasteiger partial charge in [0.2, 0.25) is 23.2 Å². The molecule has 0 fully saturated rings. The third-order valence-electron chi connectivity index (χ3n) is 4.42. The molecule has 0 bridgehead atoms. The van der Waals surface area contributed by atoms with E-state index in [1.165, 1.54) is 35.7 Å². The van der Waals surface area contributed by atoms with Crippen molar-refractivity contribution in [1.82, 2.24) is 15.2 Å². The summed E-state index contributed by atoms with van der Waals surface area (Å²) in [4.78, 5) is 29.1. The van der Waals surface area contributed by atoms with E-state index in [1.807, 2.05) is 24.5 Å². The summed E-state index contributed by atoms with van der Waals surface area (Å²) < 4.78 is 6.15. The topological polar surface area (TPSA) is 111 Å². The van der Waals surface area contributed by atoms with Crippen molar-refractivity contribution in [2.75, 3.05) is 11.2 Å². The van der Waals surface area contributed by atoms with Crippen molar-refractivity contribution in [3.05, 3.63) is 64.2 Å². The zero-order chi connectivity index (χ0) is 20.5. The number of fused-ring (bicyclic) bond motifs is 3. The van der Waals surface area contributed by atoms with E-state index in [4.69, 9.17) is 4.74 Å². The van der Waals surface area contributed by atoms with Crippen molar-refractivity contribution in [1.29, 1.82) is 0 Å². The molecule has 10 heteroatoms. The van der Waals surface area contributed by atoms with Crippen LogP contribution < -0.4 is 9.64 Å². The molecule has 9 nitrogen and oxygen atoms in total. The Hall–Kier alpha value is -3.53. The third-order valence-corrected chi connectivity index (χ3v) is 4.96. The molecule has 0 spiro atoms. The van der Waals surface area contributed by atoms with E-state index in [0.717, 1.165) is 0 Å². The number of non-ortho nitro benzene ring substituents is 1. The maximum absolute atomic E-state index is 12.6. The highest BCUT2D eigenvalue weighted by Gasteiger charge is 2.34. The highest BCUT2D eigenvalue weighted by Crippen LogP contribution is 2.43. The van der Waals surface area contributed by atoms with Crippen LogP contribution in [0.15, 0.2) is 53.7 Å². The van der Waals surface area contributed by atoms with Gasteiger partial charge in [-0.15, -0.1) is 10.2 Å². The molecule has 3 aromatic rings. The van der Waals surface area contributed by atoms with Gasteiger partial charge in [-0.1, -0.05) is 30.0 Å². The fourth-order valence-electron chi connectivity index (χ4n) is 3.12. The summed E-state index contributed by atoms with van der Waals surface area (Å²) in [7, 11) is 0. The number of carbonyl (C=O) groups excluding carboxylic acids is 1. The molecule has 1 atom stereocenters. The number of nitro benzene ring substituents is 1. The number of aromatic nitrogens is 3. The molecule has 1 aliphatic heterocycles. The molecule has 29 heavy (non-hydrogen) atoms. The van der Waals surface area contributed by atoms with Crippen LogP contribution in [0.2, 0.25) is 0 Å². The fourth-order valence-corrected chi connectivity index (χ4v) is 3.41. The van der Waals surface area contributed by atoms with Crippen LogP contribution in [0.3, 0.4) is 0 Å². The van der Waals surface area contributed by atoms with Crippen LogP contribution in [-0.2, 0) is 4.79 Å². The lowest BCUT2D eigenvalue weighted by atomic mass is 10.1. The Morgan fingerprint density at radius 1 is 1.17 bits per heavy atom. The highest BCUT2D eigenvalue weighted by molar-refractivity contribution is 7.98. The minimum Gasteiger partial charge on any atom is -0.447 e. The molecule has 4 rings (SSSR count). The molecule has 0 saturated carbocycles. The highest BCUT2D eigenvalue weighted by atomic mass is 32.2. The Labute approximate surface area is 169 Å². The average molecular weight is 409 g/mol. The first kappa shape index (κ1) is 18.8. The number of ether oxygens (including phenoxy) is 1. The fraction of sp³-hybridized carbons (Fsp3) is 0.158. The maximum atomic E-state index is 12.6. The van der Waals surface area contributed by atoms with Crippen LogP contribution in [0.5, 0.6) is 5.88 Å². The molecule has 1 aliphatic rings. The van der Waals surface area contributed by atoms with Gasteiger partial charge >= 0.3 is 0 Å². The summed E-state index contributed by atoms with van der Waals surface area (Å²) in [5.74, 6) is -0.0180. The summed E-state index contributed by atoms with van der Waals surface area (Å²) in [6, 6.07) is 13.1. The molecular formula is C19H15N5O4S. The number of amides is 1. The van der Waals surface area contributed by atoms with E-state index < -0.39 is 11.2 Å². The molecular weight excluding hydrogens is 394 g/mol. The van der Waals surface area contributed by atoms with Crippen LogP contribution in [0.1, 0.15) is 18.7 Å². The lowest BCUT2D eigenvalue weighted by Crippen LogP contribution is -2.36. The second-order valence-corrected chi connectivity index (χ2v) is 6.95. The van der Waals surface area contributed by atoms with E-state index in [9.17, 15) is 14.9 Å². The number of hydrogen-bond acceptors (Lipinski definition) is 8. The minimum atomic E-state index is -0.873. The van der Waals surface area contributed by atoms with E-state index in [1.54, 1.807) is 18.2 Å². The lowest BCUT2D eigenvalue weighted by Gasteiger charge is -2.29. The molecule has 0 saturated heterocycles. The van der Waals surface area contributed by atoms with Gasteiger partial charge in [0.1, 0.15) is 0 Å². The number of thioether (sulfide) groups is 1. The van der Waals surface area contributed by atoms with Gasteiger partial charge in [0, 0.05) is 30.2 Å². The quantitative estimate of drug-likeness (QED) is 0.366. The standard InChI is InChI=1S/C19H15N5O4S/c1-11(25)23-15-6-4-3-5-14(15)16-17(20-19(29-2)22-21-16)28-18(23)12-7-9-13(10-8-12)24(26)27/h3-10,18H,1-2H3/t18-/m0/s1. The van der Waals surface area contributed by atoms with Gasteiger partial charge in [-0.05, 0) is 24.5 Å². The Morgan fingerprint density at radius 3 is 2.55 bits per heavy atom. The second-order valence-electron chi connectivity index (χ2n) is 6.18. The van der Waals surface area contributed by atoms with E-state index in [-0.39, 0.29) is 17.5 Å². The summed E-state index contributed by atoms with van der Waals surface area (Å²) in [6.45, 7) is 1.43. The Morgan fingerprint density at radius 2 is 1.90 bits per heavy atom. The first-order valence-electron chi connectivity index (χ1n) is 8.58. The monoisotopic (exact) mass is 409 g/mol. The number of nitrogens with zero attached hydrogens (tertiary/aromatic N) is 5. The normalized spacial score (nSPS) is 15.0. The van der Waals surface area contributed by atoms with Crippen molar-refractivity contribution < 1.29 is 14.5 Å². The molecule has 0 aliphatic carbocycles. The summed E-state index contributed by atoms with van der Waals surface area (Å²) in [5.41, 5.74) is 2.20. The first-order valence-corrected chi connectivity index (χ1v) is 9.81. The molecule has 1 aromatic heterocycles. The van der Waals surface area contributed by atoms with Crippen LogP contribution in [0.4, 0.5) is 11.4 Å². The summed E-state index contributed by atoms with van der Waals surface area (Å²) in [5, 5.41) is 19.8. The van der Waals surface area contributed by atoms with Crippen molar-refractivity contribution in [3.63, 3.8) is 0 Å². The molecule has 0 N–H and O–H groups in total. The Balaban J connectivity index is 1.92. The second kappa shape index (κ2) is 7.47. The van der Waals surface area contributed by atoms with Gasteiger partial charge in [0.15, 0.2) is 5.69 Å². The molecule has 2 heterocycles. The van der Waals surface area contributed by atoms with Gasteiger partial charge in [-0.3, -0.25) is 19.8 Å². The lowest BCUT2D eigenvalue weighted by molar-refractivity contribution is -0.384. The maximum Gasteiger partial charge on any atom is 0.269 e. The Kier molecular flexibility index (Phi) is 4.85. The number of carbonyl (C=O) groups is 1. The van der Waals surface area contributed by atoms with Gasteiger partial charge in [-0.25, -0.2) is 0 Å². The summed E-state index contributed by atoms with van der Waals surface area (Å²) >= 11 is 1.32. The van der Waals surface area contributed by atoms with Gasteiger partial charge < -0.3 is 4.74 Å². The third kappa shape index (κ3) is 3.38. The van der Waals surface area contributed by atoms with Crippen molar-refractivity contribution in [3.8, 4) is 17.1 Å². The smallest absolute Gasteiger partial charge is 0.269 e. The zero-order valence-corrected chi connectivity index (χ0v) is 16.3. The van der Waals surface area contributed by atoms with Gasteiger partial charge in [-0.2, -0.15) is 4.98 Å². The molecule has 2 aromatic carbocycles. The van der Waals surface area contributed by atoms with Gasteiger partial charge in [0.05, 0.1) is 10.6 Å². The van der Waals surface area contributed by atoms with E-state index >= 15 is 0 Å². The van der Waals surface area contributed by atoms with E-state index in [2.05, 4.69) is 15.2 Å². The molecule has 1 amide bonds. The number of rotatable bonds is 3. The number of hydrogen-bond donors (Lipinski definition) is 0. The van der Waals surface area contributed by atoms with Crippen molar-refractivity contribution in [2.45, 2.75) is 18.3 Å². The number of nitro groups is 1. The first-order chi connectivity index (χ1) is 14.0. The SMILES string of the molecule is CSc1nnc2c(n1)O[C@@H](c1ccc([N+](=O)[O-])cc1)N(C(C)=O)c1ccccc1-2. The molecule has 0 radical (unpaired) electrons. The van der Waals surface area contributed by atoms with Crippen LogP contribution in [0.25, 0.3) is 11.3 Å². The zero-order valence-electron chi connectivity index (χ0n) is 15.5. The summed E-state index contributed by atoms with van der Waals surface area (Å²) in [6.07, 6.45) is 0.950. The molecule has 0 unspecified atom stereocenters. The minimum absolute atomic E-state index is 0.0498. The molecule has 146 valence electrons. The predicted octanol–water partition coefficient (Wildman–Crippen LogP) is 3.61. The van der Waals surface area contributed by atoms with Crippen molar-refractivity contribution >= 4 is 29.0 Å². The number of anilines is 1. The predicted molar refractivity (Wildman–Crippen MR) is 107 cm³/mol. The number of para-hydroxylation sites is 1. The largest absolute Gasteiger partial charge is 0.447 e. The Bertz CT molecular complexity index is 1110. The van der Waals surface area contributed by atoms with Crippen molar-refractivity contribution in [2.24, 2.45) is 0 Å². The average Bonchev–Trinajstić information content (AvgIpc) is 2.87. The van der Waals surface area contributed by atoms with Crippen LogP contribution >= 0.6 is 11.8 Å².